The van der Waals surface area contributed by atoms with Gasteiger partial charge < -0.3 is 9.80 Å². The molecule has 2 aliphatic rings. The Morgan fingerprint density at radius 2 is 0.705 bits per heavy atom. The molecular weight excluding hydrogens is 941 g/mol. The second kappa shape index (κ2) is 20.2. The van der Waals surface area contributed by atoms with Gasteiger partial charge in [-0.2, -0.15) is 0 Å². The van der Waals surface area contributed by atoms with E-state index in [2.05, 4.69) is 318 Å². The van der Waals surface area contributed by atoms with Crippen molar-refractivity contribution < 1.29 is 0 Å². The van der Waals surface area contributed by atoms with E-state index in [1.165, 1.54) is 112 Å². The highest BCUT2D eigenvalue weighted by atomic mass is 15.2. The molecule has 8 aromatic carbocycles. The Hall–Kier alpha value is -6.64. The van der Waals surface area contributed by atoms with E-state index in [0.717, 1.165) is 0 Å². The van der Waals surface area contributed by atoms with Gasteiger partial charge in [0.05, 0.1) is 5.69 Å². The van der Waals surface area contributed by atoms with E-state index in [9.17, 15) is 0 Å². The number of rotatable bonds is 8. The lowest BCUT2D eigenvalue weighted by Crippen LogP contribution is -2.42. The van der Waals surface area contributed by atoms with Crippen LogP contribution in [0.5, 0.6) is 0 Å². The molecule has 2 heteroatoms. The van der Waals surface area contributed by atoms with E-state index in [0.29, 0.717) is 11.8 Å². The molecule has 404 valence electrons. The van der Waals surface area contributed by atoms with Crippen LogP contribution >= 0.6 is 0 Å². The topological polar surface area (TPSA) is 6.48 Å². The summed E-state index contributed by atoms with van der Waals surface area (Å²) < 4.78 is 0. The Kier molecular flexibility index (Phi) is 14.5. The molecule has 0 atom stereocenters. The lowest BCUT2D eigenvalue weighted by molar-refractivity contribution is 0.526. The quantitative estimate of drug-likeness (QED) is 0.150. The number of hydrogen-bond acceptors (Lipinski definition) is 2. The zero-order chi connectivity index (χ0) is 56.7. The lowest BCUT2D eigenvalue weighted by atomic mass is 9.75. The lowest BCUT2D eigenvalue weighted by Gasteiger charge is -2.45. The van der Waals surface area contributed by atoms with E-state index in [-0.39, 0.29) is 32.7 Å². The molecule has 0 unspecified atom stereocenters. The maximum Gasteiger partial charge on any atom is 0.0501 e. The summed E-state index contributed by atoms with van der Waals surface area (Å²) in [6.45, 7) is 47.3. The predicted molar refractivity (Wildman–Crippen MR) is 341 cm³/mol. The van der Waals surface area contributed by atoms with E-state index >= 15 is 0 Å². The smallest absolute Gasteiger partial charge is 0.0501 e. The molecule has 78 heavy (non-hydrogen) atoms. The third-order valence-corrected chi connectivity index (χ3v) is 16.8. The second-order valence-electron chi connectivity index (χ2n) is 28.2. The van der Waals surface area contributed by atoms with Gasteiger partial charge >= 0.3 is 0 Å². The van der Waals surface area contributed by atoms with Crippen LogP contribution in [0.4, 0.5) is 22.7 Å². The fourth-order valence-electron chi connectivity index (χ4n) is 13.1. The van der Waals surface area contributed by atoms with Gasteiger partial charge in [0.15, 0.2) is 0 Å². The van der Waals surface area contributed by atoms with Gasteiger partial charge in [0.2, 0.25) is 0 Å². The zero-order valence-corrected chi connectivity index (χ0v) is 51.2. The summed E-state index contributed by atoms with van der Waals surface area (Å²) in [6.07, 6.45) is 0. The Balaban J connectivity index is 0.000000190. The summed E-state index contributed by atoms with van der Waals surface area (Å²) in [5.41, 5.74) is 26.6. The molecule has 0 radical (unpaired) electrons. The number of nitrogens with zero attached hydrogens (tertiary/aromatic N) is 2. The third kappa shape index (κ3) is 10.1. The van der Waals surface area contributed by atoms with E-state index in [4.69, 9.17) is 0 Å². The molecule has 0 fully saturated rings. The van der Waals surface area contributed by atoms with Gasteiger partial charge in [0.1, 0.15) is 0 Å². The maximum atomic E-state index is 2.69. The molecule has 0 bridgehead atoms. The molecule has 8 aromatic rings. The largest absolute Gasteiger partial charge is 0.335 e. The molecular formula is C76H90N2. The summed E-state index contributed by atoms with van der Waals surface area (Å²) in [5.74, 6) is 0.809. The van der Waals surface area contributed by atoms with Gasteiger partial charge in [0.25, 0.3) is 0 Å². The highest BCUT2D eigenvalue weighted by Gasteiger charge is 2.45. The summed E-state index contributed by atoms with van der Waals surface area (Å²) in [7, 11) is 0. The van der Waals surface area contributed by atoms with Crippen molar-refractivity contribution in [3.8, 4) is 44.5 Å². The van der Waals surface area contributed by atoms with Crippen molar-refractivity contribution in [2.24, 2.45) is 0 Å². The maximum absolute atomic E-state index is 2.69. The SMILES string of the molecule is CC(C)(C)c1ccc(-c2ccccc2)cc1N(c1c(C(C)(C)C)ccc2c1C(C)(C)c1ccccc1-2)C(C)(C)C.CC(C)c1ccc(-c2ccccc2)cc1N(c1c(C(C)C)ccc2c1C(C)(C)c1ccccc1-2)C(C)(C)C. The van der Waals surface area contributed by atoms with Crippen LogP contribution in [-0.2, 0) is 21.7 Å². The highest BCUT2D eigenvalue weighted by molar-refractivity contribution is 5.93. The van der Waals surface area contributed by atoms with E-state index < -0.39 is 0 Å². The van der Waals surface area contributed by atoms with Crippen molar-refractivity contribution in [3.05, 3.63) is 214 Å². The van der Waals surface area contributed by atoms with Crippen LogP contribution in [0.1, 0.15) is 195 Å². The molecule has 0 spiro atoms. The monoisotopic (exact) mass is 1030 g/mol. The van der Waals surface area contributed by atoms with E-state index in [1.54, 1.807) is 0 Å². The van der Waals surface area contributed by atoms with Crippen molar-refractivity contribution in [1.82, 2.24) is 0 Å². The summed E-state index contributed by atoms with van der Waals surface area (Å²) in [6, 6.07) is 63.4. The van der Waals surface area contributed by atoms with Gasteiger partial charge in [-0.25, -0.2) is 0 Å². The van der Waals surface area contributed by atoms with Crippen molar-refractivity contribution in [3.63, 3.8) is 0 Å². The molecule has 0 N–H and O–H groups in total. The Morgan fingerprint density at radius 3 is 1.15 bits per heavy atom. The average molecular weight is 1030 g/mol. The molecule has 0 aliphatic heterocycles. The molecule has 2 nitrogen and oxygen atoms in total. The van der Waals surface area contributed by atoms with Gasteiger partial charge in [0, 0.05) is 39.0 Å². The first kappa shape index (κ1) is 56.1. The first-order valence-corrected chi connectivity index (χ1v) is 29.0. The fourth-order valence-corrected chi connectivity index (χ4v) is 13.1. The van der Waals surface area contributed by atoms with Crippen LogP contribution in [0.2, 0.25) is 0 Å². The van der Waals surface area contributed by atoms with Gasteiger partial charge in [-0.1, -0.05) is 255 Å². The summed E-state index contributed by atoms with van der Waals surface area (Å²) >= 11 is 0. The highest BCUT2D eigenvalue weighted by Crippen LogP contribution is 2.59. The van der Waals surface area contributed by atoms with Crippen molar-refractivity contribution in [1.29, 1.82) is 0 Å². The minimum atomic E-state index is -0.171. The van der Waals surface area contributed by atoms with Gasteiger partial charge in [-0.05, 0) is 165 Å². The average Bonchev–Trinajstić information content (AvgIpc) is 3.88. The van der Waals surface area contributed by atoms with Crippen LogP contribution in [0.25, 0.3) is 44.5 Å². The number of hydrogen-bond donors (Lipinski definition) is 0. The Labute approximate surface area is 472 Å². The van der Waals surface area contributed by atoms with Gasteiger partial charge in [-0.3, -0.25) is 0 Å². The second-order valence-corrected chi connectivity index (χ2v) is 28.2. The number of anilines is 4. The molecule has 0 amide bonds. The number of benzene rings is 8. The normalized spacial score (nSPS) is 14.3. The molecule has 2 aliphatic carbocycles. The minimum absolute atomic E-state index is 0.0214. The molecule has 0 saturated carbocycles. The van der Waals surface area contributed by atoms with Gasteiger partial charge in [-0.15, -0.1) is 0 Å². The van der Waals surface area contributed by atoms with Crippen LogP contribution in [-0.4, -0.2) is 11.1 Å². The molecule has 0 heterocycles. The third-order valence-electron chi connectivity index (χ3n) is 16.8. The van der Waals surface area contributed by atoms with Crippen LogP contribution in [0.15, 0.2) is 170 Å². The van der Waals surface area contributed by atoms with Crippen LogP contribution in [0, 0.1) is 0 Å². The Bertz CT molecular complexity index is 3480. The molecule has 0 aromatic heterocycles. The van der Waals surface area contributed by atoms with Crippen molar-refractivity contribution in [2.75, 3.05) is 9.80 Å². The van der Waals surface area contributed by atoms with Crippen molar-refractivity contribution >= 4 is 22.7 Å². The molecule has 0 saturated heterocycles. The molecule has 10 rings (SSSR count). The van der Waals surface area contributed by atoms with E-state index in [1.807, 2.05) is 0 Å². The predicted octanol–water partition coefficient (Wildman–Crippen LogP) is 22.0. The first-order valence-electron chi connectivity index (χ1n) is 29.0. The summed E-state index contributed by atoms with van der Waals surface area (Å²) in [4.78, 5) is 5.36. The van der Waals surface area contributed by atoms with Crippen molar-refractivity contribution in [2.45, 2.75) is 183 Å². The Morgan fingerprint density at radius 1 is 0.333 bits per heavy atom. The number of fused-ring (bicyclic) bond motifs is 6. The fraction of sp³-hybridized carbons (Fsp3) is 0.368. The van der Waals surface area contributed by atoms with Crippen LogP contribution < -0.4 is 9.80 Å². The zero-order valence-electron chi connectivity index (χ0n) is 51.2. The van der Waals surface area contributed by atoms with Crippen LogP contribution in [0.3, 0.4) is 0 Å². The first-order chi connectivity index (χ1) is 36.5. The standard InChI is InChI=1S/C39H47N.C37H43N/c1-36(2,3)31-23-21-27(26-17-13-12-14-18-26)25-33(31)40(38(7,8)9)35-32(37(4,5)6)24-22-29-28-19-15-16-20-30(28)39(10,11)34(29)35;1-24(2)28-20-19-27(26-15-11-10-12-16-26)23-33(28)38(36(5,6)7)35-29(25(3)4)21-22-31-30-17-13-14-18-32(30)37(8,9)34(31)35/h12-25H,1-11H3;10-25H,1-9H3. The minimum Gasteiger partial charge on any atom is -0.335 e. The summed E-state index contributed by atoms with van der Waals surface area (Å²) in [5, 5.41) is 0.